The van der Waals surface area contributed by atoms with Gasteiger partial charge < -0.3 is 9.57 Å². The van der Waals surface area contributed by atoms with Gasteiger partial charge in [0, 0.05) is 0 Å². The zero-order valence-corrected chi connectivity index (χ0v) is 11.4. The maximum absolute atomic E-state index is 12.0. The van der Waals surface area contributed by atoms with Crippen LogP contribution in [0.25, 0.3) is 0 Å². The van der Waals surface area contributed by atoms with Gasteiger partial charge in [0.2, 0.25) is 0 Å². The predicted molar refractivity (Wildman–Crippen MR) is 71.2 cm³/mol. The first-order valence-corrected chi connectivity index (χ1v) is 6.97. The van der Waals surface area contributed by atoms with Crippen LogP contribution >= 0.6 is 0 Å². The molecule has 0 atom stereocenters. The van der Waals surface area contributed by atoms with E-state index in [9.17, 15) is 14.4 Å². The van der Waals surface area contributed by atoms with E-state index in [2.05, 4.69) is 0 Å². The Labute approximate surface area is 121 Å². The van der Waals surface area contributed by atoms with Gasteiger partial charge in [-0.2, -0.15) is 0 Å². The Balaban J connectivity index is 1.59. The van der Waals surface area contributed by atoms with Crippen LogP contribution in [0, 0.1) is 0 Å². The fourth-order valence-electron chi connectivity index (χ4n) is 2.62. The van der Waals surface area contributed by atoms with E-state index in [1.54, 1.807) is 12.1 Å². The van der Waals surface area contributed by atoms with Crippen molar-refractivity contribution >= 4 is 17.8 Å². The summed E-state index contributed by atoms with van der Waals surface area (Å²) in [7, 11) is 0. The first-order valence-electron chi connectivity index (χ1n) is 6.97. The highest BCUT2D eigenvalue weighted by Gasteiger charge is 2.38. The van der Waals surface area contributed by atoms with Gasteiger partial charge in [0.15, 0.2) is 0 Å². The third-order valence-electron chi connectivity index (χ3n) is 3.69. The number of amides is 2. The molecule has 0 spiro atoms. The van der Waals surface area contributed by atoms with Crippen LogP contribution in [0.2, 0.25) is 0 Å². The zero-order chi connectivity index (χ0) is 14.8. The minimum absolute atomic E-state index is 0.0692. The minimum Gasteiger partial charge on any atom is -0.366 e. The average molecular weight is 289 g/mol. The quantitative estimate of drug-likeness (QED) is 0.789. The summed E-state index contributed by atoms with van der Waals surface area (Å²) < 4.78 is 5.40. The molecule has 1 aromatic carbocycles. The molecule has 0 N–H and O–H groups in total. The van der Waals surface area contributed by atoms with Crippen molar-refractivity contribution in [3.8, 4) is 0 Å². The molecule has 1 saturated carbocycles. The summed E-state index contributed by atoms with van der Waals surface area (Å²) in [5.41, 5.74) is 0.485. The standard InChI is InChI=1S/C15H15NO5/c17-13(9-20-10-5-1-2-6-10)21-16-14(18)11-7-3-4-8-12(11)15(16)19/h3-4,7-8,10H,1-2,5-6,9H2. The lowest BCUT2D eigenvalue weighted by Crippen LogP contribution is -2.34. The van der Waals surface area contributed by atoms with Crippen LogP contribution in [0.5, 0.6) is 0 Å². The number of carbonyl (C=O) groups is 3. The Bertz CT molecular complexity index is 556. The molecule has 6 heteroatoms. The molecule has 1 heterocycles. The van der Waals surface area contributed by atoms with Crippen LogP contribution in [0.3, 0.4) is 0 Å². The van der Waals surface area contributed by atoms with E-state index in [-0.39, 0.29) is 23.8 Å². The number of hydrogen-bond donors (Lipinski definition) is 0. The van der Waals surface area contributed by atoms with Gasteiger partial charge in [-0.15, -0.1) is 0 Å². The molecule has 1 aliphatic heterocycles. The van der Waals surface area contributed by atoms with Crippen molar-refractivity contribution in [1.82, 2.24) is 5.06 Å². The maximum Gasteiger partial charge on any atom is 0.358 e. The van der Waals surface area contributed by atoms with Crippen molar-refractivity contribution in [2.24, 2.45) is 0 Å². The van der Waals surface area contributed by atoms with Gasteiger partial charge in [-0.1, -0.05) is 30.0 Å². The fourth-order valence-corrected chi connectivity index (χ4v) is 2.62. The van der Waals surface area contributed by atoms with E-state index in [1.807, 2.05) is 0 Å². The summed E-state index contributed by atoms with van der Waals surface area (Å²) >= 11 is 0. The van der Waals surface area contributed by atoms with Gasteiger partial charge in [0.25, 0.3) is 11.8 Å². The lowest BCUT2D eigenvalue weighted by Gasteiger charge is -2.14. The molecule has 0 saturated heterocycles. The highest BCUT2D eigenvalue weighted by atomic mass is 16.7. The third-order valence-corrected chi connectivity index (χ3v) is 3.69. The van der Waals surface area contributed by atoms with Crippen LogP contribution in [0.4, 0.5) is 0 Å². The Morgan fingerprint density at radius 3 is 2.24 bits per heavy atom. The van der Waals surface area contributed by atoms with Crippen LogP contribution in [0.1, 0.15) is 46.4 Å². The van der Waals surface area contributed by atoms with Crippen molar-refractivity contribution < 1.29 is 24.0 Å². The van der Waals surface area contributed by atoms with E-state index in [0.29, 0.717) is 5.06 Å². The molecule has 21 heavy (non-hydrogen) atoms. The molecule has 3 rings (SSSR count). The molecular weight excluding hydrogens is 274 g/mol. The van der Waals surface area contributed by atoms with Crippen LogP contribution < -0.4 is 0 Å². The Kier molecular flexibility index (Phi) is 3.70. The average Bonchev–Trinajstić information content (AvgIpc) is 3.09. The van der Waals surface area contributed by atoms with Gasteiger partial charge in [0.1, 0.15) is 6.61 Å². The SMILES string of the molecule is O=C(COC1CCCC1)ON1C(=O)c2ccccc2C1=O. The van der Waals surface area contributed by atoms with Crippen LogP contribution in [-0.4, -0.2) is 35.6 Å². The number of carbonyl (C=O) groups excluding carboxylic acids is 3. The minimum atomic E-state index is -0.739. The fraction of sp³-hybridized carbons (Fsp3) is 0.400. The van der Waals surface area contributed by atoms with E-state index >= 15 is 0 Å². The highest BCUT2D eigenvalue weighted by Crippen LogP contribution is 2.23. The first kappa shape index (κ1) is 13.8. The normalized spacial score (nSPS) is 18.2. The second-order valence-electron chi connectivity index (χ2n) is 5.13. The lowest BCUT2D eigenvalue weighted by atomic mass is 10.1. The Morgan fingerprint density at radius 2 is 1.67 bits per heavy atom. The topological polar surface area (TPSA) is 72.9 Å². The van der Waals surface area contributed by atoms with Gasteiger partial charge in [0.05, 0.1) is 17.2 Å². The van der Waals surface area contributed by atoms with Crippen LogP contribution in [0.15, 0.2) is 24.3 Å². The van der Waals surface area contributed by atoms with E-state index in [0.717, 1.165) is 25.7 Å². The second kappa shape index (κ2) is 5.65. The van der Waals surface area contributed by atoms with E-state index < -0.39 is 17.8 Å². The number of imide groups is 1. The molecule has 1 aliphatic carbocycles. The molecule has 2 amide bonds. The lowest BCUT2D eigenvalue weighted by molar-refractivity contribution is -0.175. The third kappa shape index (κ3) is 2.67. The number of hydrogen-bond acceptors (Lipinski definition) is 5. The molecule has 0 bridgehead atoms. The van der Waals surface area contributed by atoms with Crippen molar-refractivity contribution in [2.45, 2.75) is 31.8 Å². The van der Waals surface area contributed by atoms with Crippen molar-refractivity contribution in [2.75, 3.05) is 6.61 Å². The summed E-state index contributed by atoms with van der Waals surface area (Å²) in [4.78, 5) is 40.5. The smallest absolute Gasteiger partial charge is 0.358 e. The number of ether oxygens (including phenoxy) is 1. The van der Waals surface area contributed by atoms with Crippen LogP contribution in [-0.2, 0) is 14.4 Å². The number of benzene rings is 1. The number of nitrogens with zero attached hydrogens (tertiary/aromatic N) is 1. The van der Waals surface area contributed by atoms with Gasteiger partial charge in [-0.3, -0.25) is 9.59 Å². The summed E-state index contributed by atoms with van der Waals surface area (Å²) in [6, 6.07) is 6.36. The van der Waals surface area contributed by atoms with E-state index in [4.69, 9.17) is 9.57 Å². The number of hydroxylamine groups is 2. The van der Waals surface area contributed by atoms with Gasteiger partial charge >= 0.3 is 5.97 Å². The Hall–Kier alpha value is -2.21. The molecule has 0 aromatic heterocycles. The molecule has 110 valence electrons. The molecule has 0 radical (unpaired) electrons. The molecule has 0 unspecified atom stereocenters. The maximum atomic E-state index is 12.0. The summed E-state index contributed by atoms with van der Waals surface area (Å²) in [6.07, 6.45) is 4.12. The highest BCUT2D eigenvalue weighted by molar-refractivity contribution is 6.20. The summed E-state index contributed by atoms with van der Waals surface area (Å²) in [5.74, 6) is -1.98. The van der Waals surface area contributed by atoms with E-state index in [1.165, 1.54) is 12.1 Å². The largest absolute Gasteiger partial charge is 0.366 e. The number of fused-ring (bicyclic) bond motifs is 1. The van der Waals surface area contributed by atoms with Crippen molar-refractivity contribution in [3.05, 3.63) is 35.4 Å². The van der Waals surface area contributed by atoms with Gasteiger partial charge in [-0.25, -0.2) is 4.79 Å². The molecular formula is C15H15NO5. The summed E-state index contributed by atoms with van der Waals surface area (Å²) in [6.45, 7) is -0.252. The second-order valence-corrected chi connectivity index (χ2v) is 5.13. The van der Waals surface area contributed by atoms with Crippen molar-refractivity contribution in [1.29, 1.82) is 0 Å². The molecule has 6 nitrogen and oxygen atoms in total. The molecule has 1 aromatic rings. The molecule has 2 aliphatic rings. The van der Waals surface area contributed by atoms with Crippen molar-refractivity contribution in [3.63, 3.8) is 0 Å². The first-order chi connectivity index (χ1) is 10.2. The molecule has 1 fully saturated rings. The monoisotopic (exact) mass is 289 g/mol. The van der Waals surface area contributed by atoms with Gasteiger partial charge in [-0.05, 0) is 25.0 Å². The Morgan fingerprint density at radius 1 is 1.10 bits per heavy atom. The summed E-state index contributed by atoms with van der Waals surface area (Å²) in [5, 5.41) is 0.505. The predicted octanol–water partition coefficient (Wildman–Crippen LogP) is 1.70. The number of rotatable bonds is 4. The zero-order valence-electron chi connectivity index (χ0n) is 11.4.